The van der Waals surface area contributed by atoms with Crippen LogP contribution in [0, 0.1) is 0 Å². The second-order valence-corrected chi connectivity index (χ2v) is 6.89. The molecule has 1 fully saturated rings. The summed E-state index contributed by atoms with van der Waals surface area (Å²) in [5.74, 6) is -0.278. The van der Waals surface area contributed by atoms with Gasteiger partial charge in [-0.25, -0.2) is 4.79 Å². The van der Waals surface area contributed by atoms with E-state index in [0.717, 1.165) is 25.0 Å². The van der Waals surface area contributed by atoms with Crippen molar-refractivity contribution in [1.82, 2.24) is 5.32 Å². The van der Waals surface area contributed by atoms with E-state index >= 15 is 0 Å². The Morgan fingerprint density at radius 2 is 1.86 bits per heavy atom. The first-order valence-electron chi connectivity index (χ1n) is 9.13. The molecule has 1 aliphatic rings. The zero-order valence-electron chi connectivity index (χ0n) is 15.4. The fraction of sp³-hybridized carbons (Fsp3) is 0.333. The van der Waals surface area contributed by atoms with Crippen molar-refractivity contribution in [2.75, 3.05) is 19.8 Å². The van der Waals surface area contributed by atoms with Crippen molar-refractivity contribution in [3.8, 4) is 5.75 Å². The van der Waals surface area contributed by atoms with Gasteiger partial charge in [0.1, 0.15) is 12.4 Å². The predicted molar refractivity (Wildman–Crippen MR) is 104 cm³/mol. The lowest BCUT2D eigenvalue weighted by Crippen LogP contribution is -2.28. The fourth-order valence-electron chi connectivity index (χ4n) is 2.72. The number of carbonyl (C=O) groups is 2. The molecule has 1 saturated heterocycles. The van der Waals surface area contributed by atoms with Crippen LogP contribution in [-0.4, -0.2) is 37.8 Å². The van der Waals surface area contributed by atoms with Gasteiger partial charge in [0.25, 0.3) is 5.91 Å². The molecule has 6 nitrogen and oxygen atoms in total. The molecule has 3 rings (SSSR count). The third-order valence-electron chi connectivity index (χ3n) is 4.29. The molecule has 0 radical (unpaired) electrons. The molecule has 148 valence electrons. The largest absolute Gasteiger partial charge is 0.491 e. The van der Waals surface area contributed by atoms with Crippen LogP contribution in [0.4, 0.5) is 0 Å². The first kappa shape index (κ1) is 20.2. The van der Waals surface area contributed by atoms with Crippen LogP contribution in [0.1, 0.15) is 28.8 Å². The molecule has 0 bridgehead atoms. The highest BCUT2D eigenvalue weighted by molar-refractivity contribution is 6.30. The van der Waals surface area contributed by atoms with Crippen molar-refractivity contribution in [2.45, 2.75) is 25.5 Å². The fourth-order valence-corrected chi connectivity index (χ4v) is 2.85. The Morgan fingerprint density at radius 1 is 1.11 bits per heavy atom. The predicted octanol–water partition coefficient (Wildman–Crippen LogP) is 3.37. The van der Waals surface area contributed by atoms with Gasteiger partial charge in [0, 0.05) is 18.2 Å². The first-order valence-corrected chi connectivity index (χ1v) is 9.51. The van der Waals surface area contributed by atoms with Gasteiger partial charge in [-0.2, -0.15) is 0 Å². The molecular formula is C21H22ClNO5. The summed E-state index contributed by atoms with van der Waals surface area (Å²) in [7, 11) is 0. The maximum absolute atomic E-state index is 12.1. The van der Waals surface area contributed by atoms with Crippen LogP contribution in [0.5, 0.6) is 5.75 Å². The molecule has 1 amide bonds. The number of rotatable bonds is 8. The number of benzene rings is 2. The van der Waals surface area contributed by atoms with Crippen molar-refractivity contribution in [1.29, 1.82) is 0 Å². The molecule has 7 heteroatoms. The van der Waals surface area contributed by atoms with Crippen molar-refractivity contribution >= 4 is 23.5 Å². The summed E-state index contributed by atoms with van der Waals surface area (Å²) >= 11 is 5.82. The van der Waals surface area contributed by atoms with Gasteiger partial charge in [0.2, 0.25) is 0 Å². The Kier molecular flexibility index (Phi) is 7.28. The van der Waals surface area contributed by atoms with Gasteiger partial charge in [-0.15, -0.1) is 0 Å². The molecule has 0 saturated carbocycles. The van der Waals surface area contributed by atoms with Crippen LogP contribution in [0.2, 0.25) is 5.02 Å². The zero-order valence-corrected chi connectivity index (χ0v) is 16.1. The quantitative estimate of drug-likeness (QED) is 0.684. The molecule has 0 unspecified atom stereocenters. The highest BCUT2D eigenvalue weighted by Gasteiger charge is 2.16. The van der Waals surface area contributed by atoms with Gasteiger partial charge >= 0.3 is 5.97 Å². The van der Waals surface area contributed by atoms with E-state index in [0.29, 0.717) is 29.5 Å². The standard InChI is InChI=1S/C21H22ClNO5/c22-17-7-3-15(4-8-17)12-23-20(24)14-28-21(25)16-5-9-18(10-6-16)27-13-19-2-1-11-26-19/h3-10,19H,1-2,11-14H2,(H,23,24)/t19-/m0/s1. The molecule has 1 heterocycles. The van der Waals surface area contributed by atoms with E-state index in [9.17, 15) is 9.59 Å². The number of hydrogen-bond donors (Lipinski definition) is 1. The minimum Gasteiger partial charge on any atom is -0.491 e. The van der Waals surface area contributed by atoms with Gasteiger partial charge in [-0.05, 0) is 54.8 Å². The topological polar surface area (TPSA) is 73.9 Å². The maximum atomic E-state index is 12.1. The molecule has 0 aliphatic carbocycles. The van der Waals surface area contributed by atoms with Crippen LogP contribution >= 0.6 is 11.6 Å². The third kappa shape index (κ3) is 6.25. The maximum Gasteiger partial charge on any atom is 0.338 e. The summed E-state index contributed by atoms with van der Waals surface area (Å²) in [6.07, 6.45) is 2.20. The average Bonchev–Trinajstić information content (AvgIpc) is 3.24. The lowest BCUT2D eigenvalue weighted by Gasteiger charge is -2.11. The molecule has 0 spiro atoms. The minimum atomic E-state index is -0.563. The van der Waals surface area contributed by atoms with Crippen LogP contribution in [0.15, 0.2) is 48.5 Å². The number of hydrogen-bond acceptors (Lipinski definition) is 5. The third-order valence-corrected chi connectivity index (χ3v) is 4.54. The monoisotopic (exact) mass is 403 g/mol. The highest BCUT2D eigenvalue weighted by Crippen LogP contribution is 2.17. The number of ether oxygens (including phenoxy) is 3. The molecule has 28 heavy (non-hydrogen) atoms. The van der Waals surface area contributed by atoms with Crippen LogP contribution < -0.4 is 10.1 Å². The van der Waals surface area contributed by atoms with Gasteiger partial charge in [-0.1, -0.05) is 23.7 Å². The van der Waals surface area contributed by atoms with E-state index in [1.54, 1.807) is 36.4 Å². The van der Waals surface area contributed by atoms with E-state index in [1.807, 2.05) is 12.1 Å². The van der Waals surface area contributed by atoms with E-state index in [1.165, 1.54) is 0 Å². The Balaban J connectivity index is 1.38. The molecule has 1 atom stereocenters. The van der Waals surface area contributed by atoms with Crippen LogP contribution in [-0.2, 0) is 20.8 Å². The average molecular weight is 404 g/mol. The summed E-state index contributed by atoms with van der Waals surface area (Å²) in [5.41, 5.74) is 1.26. The second kappa shape index (κ2) is 10.1. The number of esters is 1. The number of nitrogens with one attached hydrogen (secondary N) is 1. The molecular weight excluding hydrogens is 382 g/mol. The summed E-state index contributed by atoms with van der Waals surface area (Å²) in [6.45, 7) is 1.28. The first-order chi connectivity index (χ1) is 13.6. The van der Waals surface area contributed by atoms with Gasteiger partial charge in [0.15, 0.2) is 6.61 Å². The molecule has 2 aromatic carbocycles. The second-order valence-electron chi connectivity index (χ2n) is 6.45. The lowest BCUT2D eigenvalue weighted by molar-refractivity contribution is -0.124. The summed E-state index contributed by atoms with van der Waals surface area (Å²) in [6, 6.07) is 13.7. The van der Waals surface area contributed by atoms with E-state index in [4.69, 9.17) is 25.8 Å². The highest BCUT2D eigenvalue weighted by atomic mass is 35.5. The smallest absolute Gasteiger partial charge is 0.338 e. The minimum absolute atomic E-state index is 0.135. The zero-order chi connectivity index (χ0) is 19.8. The van der Waals surface area contributed by atoms with Crippen molar-refractivity contribution < 1.29 is 23.8 Å². The molecule has 2 aromatic rings. The van der Waals surface area contributed by atoms with Crippen molar-refractivity contribution in [3.05, 3.63) is 64.7 Å². The summed E-state index contributed by atoms with van der Waals surface area (Å²) in [4.78, 5) is 23.9. The normalized spacial score (nSPS) is 15.8. The van der Waals surface area contributed by atoms with E-state index in [-0.39, 0.29) is 18.6 Å². The van der Waals surface area contributed by atoms with Crippen LogP contribution in [0.3, 0.4) is 0 Å². The van der Waals surface area contributed by atoms with Gasteiger partial charge in [-0.3, -0.25) is 4.79 Å². The molecule has 0 aromatic heterocycles. The SMILES string of the molecule is O=C(COC(=O)c1ccc(OC[C@@H]2CCCO2)cc1)NCc1ccc(Cl)cc1. The number of amides is 1. The Hall–Kier alpha value is -2.57. The molecule has 1 N–H and O–H groups in total. The number of halogens is 1. The van der Waals surface area contributed by atoms with Crippen LogP contribution in [0.25, 0.3) is 0 Å². The van der Waals surface area contributed by atoms with Gasteiger partial charge < -0.3 is 19.5 Å². The summed E-state index contributed by atoms with van der Waals surface area (Å²) < 4.78 is 16.2. The van der Waals surface area contributed by atoms with Crippen molar-refractivity contribution in [2.24, 2.45) is 0 Å². The lowest BCUT2D eigenvalue weighted by atomic mass is 10.2. The Bertz CT molecular complexity index is 785. The summed E-state index contributed by atoms with van der Waals surface area (Å²) in [5, 5.41) is 3.32. The Morgan fingerprint density at radius 3 is 2.54 bits per heavy atom. The van der Waals surface area contributed by atoms with Gasteiger partial charge in [0.05, 0.1) is 11.7 Å². The molecule has 1 aliphatic heterocycles. The Labute approximate surface area is 168 Å². The van der Waals surface area contributed by atoms with E-state index in [2.05, 4.69) is 5.32 Å². The number of carbonyl (C=O) groups excluding carboxylic acids is 2. The van der Waals surface area contributed by atoms with E-state index < -0.39 is 5.97 Å². The van der Waals surface area contributed by atoms with Crippen molar-refractivity contribution in [3.63, 3.8) is 0 Å².